The Kier molecular flexibility index (Phi) is 3.44. The van der Waals surface area contributed by atoms with Crippen molar-refractivity contribution < 1.29 is 32.6 Å². The number of alkyl halides is 4. The number of halogens is 4. The van der Waals surface area contributed by atoms with E-state index in [1.165, 1.54) is 0 Å². The Morgan fingerprint density at radius 3 is 2.08 bits per heavy atom. The van der Waals surface area contributed by atoms with Gasteiger partial charge in [0.15, 0.2) is 0 Å². The molecule has 0 aliphatic rings. The predicted octanol–water partition coefficient (Wildman–Crippen LogP) is 0.722. The van der Waals surface area contributed by atoms with Crippen molar-refractivity contribution in [3.63, 3.8) is 0 Å². The maximum Gasteiger partial charge on any atom is 0.333 e. The van der Waals surface area contributed by atoms with Gasteiger partial charge < -0.3 is 10.2 Å². The minimum absolute atomic E-state index is 1.41. The number of rotatable bonds is 4. The molecule has 0 saturated carbocycles. The highest BCUT2D eigenvalue weighted by atomic mass is 19.3. The smallest absolute Gasteiger partial charge is 0.333 e. The number of carboxylic acids is 1. The fraction of sp³-hybridized carbons (Fsp3) is 0.800. The summed E-state index contributed by atoms with van der Waals surface area (Å²) >= 11 is 0. The van der Waals surface area contributed by atoms with Crippen molar-refractivity contribution in [2.75, 3.05) is 0 Å². The lowest BCUT2D eigenvalue weighted by Gasteiger charge is -2.19. The Hall–Kier alpha value is -0.850. The van der Waals surface area contributed by atoms with E-state index >= 15 is 0 Å². The van der Waals surface area contributed by atoms with Crippen LogP contribution in [0, 0.1) is 0 Å². The van der Waals surface area contributed by atoms with Crippen LogP contribution in [0.1, 0.15) is 6.42 Å². The van der Waals surface area contributed by atoms with Crippen LogP contribution in [0.4, 0.5) is 17.6 Å². The van der Waals surface area contributed by atoms with Crippen LogP contribution in [0.3, 0.4) is 0 Å². The first kappa shape index (κ1) is 11.2. The van der Waals surface area contributed by atoms with Gasteiger partial charge in [-0.3, -0.25) is 4.79 Å². The topological polar surface area (TPSA) is 57.5 Å². The molecule has 0 aliphatic heterocycles. The standard InChI is InChI=1S/C5H6F4O3/c6-4(7)5(8,9)2(10)1-3(11)12/h2,4,10H,1H2,(H,11,12)/t2-/m1/s1. The normalized spacial score (nSPS) is 14.8. The number of hydrogen-bond acceptors (Lipinski definition) is 2. The summed E-state index contributed by atoms with van der Waals surface area (Å²) < 4.78 is 46.9. The molecule has 0 aromatic heterocycles. The SMILES string of the molecule is O=C(O)C[C@@H](O)C(F)(F)C(F)F. The van der Waals surface area contributed by atoms with E-state index in [9.17, 15) is 22.4 Å². The minimum atomic E-state index is -4.67. The van der Waals surface area contributed by atoms with Crippen molar-refractivity contribution in [3.8, 4) is 0 Å². The van der Waals surface area contributed by atoms with Crippen molar-refractivity contribution in [1.82, 2.24) is 0 Å². The molecule has 0 aromatic rings. The van der Waals surface area contributed by atoms with E-state index in [4.69, 9.17) is 10.2 Å². The van der Waals surface area contributed by atoms with E-state index in [1.54, 1.807) is 0 Å². The summed E-state index contributed by atoms with van der Waals surface area (Å²) in [5.41, 5.74) is 0. The van der Waals surface area contributed by atoms with Gasteiger partial charge >= 0.3 is 18.3 Å². The van der Waals surface area contributed by atoms with Crippen LogP contribution in [0.5, 0.6) is 0 Å². The Balaban J connectivity index is 4.24. The van der Waals surface area contributed by atoms with Crippen LogP contribution in [0.2, 0.25) is 0 Å². The van der Waals surface area contributed by atoms with Crippen LogP contribution in [-0.4, -0.2) is 34.6 Å². The molecule has 0 spiro atoms. The van der Waals surface area contributed by atoms with Crippen molar-refractivity contribution in [3.05, 3.63) is 0 Å². The van der Waals surface area contributed by atoms with Crippen molar-refractivity contribution in [1.29, 1.82) is 0 Å². The van der Waals surface area contributed by atoms with Gasteiger partial charge in [-0.1, -0.05) is 0 Å². The second-order valence-corrected chi connectivity index (χ2v) is 2.09. The molecule has 0 saturated heterocycles. The third-order valence-corrected chi connectivity index (χ3v) is 1.10. The molecule has 0 aromatic carbocycles. The van der Waals surface area contributed by atoms with E-state index in [1.807, 2.05) is 0 Å². The zero-order chi connectivity index (χ0) is 9.94. The van der Waals surface area contributed by atoms with Gasteiger partial charge in [0.1, 0.15) is 6.10 Å². The average Bonchev–Trinajstić information content (AvgIpc) is 1.85. The quantitative estimate of drug-likeness (QED) is 0.642. The molecule has 0 aliphatic carbocycles. The Bertz CT molecular complexity index is 170. The van der Waals surface area contributed by atoms with Gasteiger partial charge in [-0.2, -0.15) is 8.78 Å². The van der Waals surface area contributed by atoms with Crippen LogP contribution in [-0.2, 0) is 4.79 Å². The summed E-state index contributed by atoms with van der Waals surface area (Å²) in [6, 6.07) is 0. The molecule has 2 N–H and O–H groups in total. The van der Waals surface area contributed by atoms with Gasteiger partial charge in [0.2, 0.25) is 0 Å². The molecule has 1 atom stereocenters. The Morgan fingerprint density at radius 1 is 1.42 bits per heavy atom. The molecule has 0 heterocycles. The summed E-state index contributed by atoms with van der Waals surface area (Å²) in [5.74, 6) is -6.43. The molecule has 0 bridgehead atoms. The highest BCUT2D eigenvalue weighted by Gasteiger charge is 2.48. The third kappa shape index (κ3) is 2.65. The zero-order valence-corrected chi connectivity index (χ0v) is 5.68. The predicted molar refractivity (Wildman–Crippen MR) is 29.2 cm³/mol. The fourth-order valence-electron chi connectivity index (χ4n) is 0.447. The summed E-state index contributed by atoms with van der Waals surface area (Å²) in [4.78, 5) is 9.74. The molecule has 7 heteroatoms. The molecule has 0 rings (SSSR count). The molecule has 0 radical (unpaired) electrons. The van der Waals surface area contributed by atoms with Crippen LogP contribution >= 0.6 is 0 Å². The van der Waals surface area contributed by atoms with Gasteiger partial charge in [0, 0.05) is 0 Å². The minimum Gasteiger partial charge on any atom is -0.481 e. The number of aliphatic hydroxyl groups excluding tert-OH is 1. The lowest BCUT2D eigenvalue weighted by atomic mass is 10.1. The molecule has 0 unspecified atom stereocenters. The number of aliphatic hydroxyl groups is 1. The largest absolute Gasteiger partial charge is 0.481 e. The summed E-state index contributed by atoms with van der Waals surface area (Å²) in [6.07, 6.45) is -8.32. The maximum atomic E-state index is 12.0. The van der Waals surface area contributed by atoms with Gasteiger partial charge in [0.25, 0.3) is 0 Å². The lowest BCUT2D eigenvalue weighted by molar-refractivity contribution is -0.196. The van der Waals surface area contributed by atoms with Crippen molar-refractivity contribution >= 4 is 5.97 Å². The van der Waals surface area contributed by atoms with Crippen molar-refractivity contribution in [2.24, 2.45) is 0 Å². The number of carboxylic acid groups (broad SMARTS) is 1. The first-order chi connectivity index (χ1) is 5.28. The first-order valence-corrected chi connectivity index (χ1v) is 2.84. The van der Waals surface area contributed by atoms with Crippen molar-refractivity contribution in [2.45, 2.75) is 24.9 Å². The van der Waals surface area contributed by atoms with Gasteiger partial charge in [-0.25, -0.2) is 8.78 Å². The molecule has 0 fully saturated rings. The maximum absolute atomic E-state index is 12.0. The summed E-state index contributed by atoms with van der Waals surface area (Å²) in [7, 11) is 0. The molecular formula is C5H6F4O3. The van der Waals surface area contributed by atoms with Crippen LogP contribution in [0.15, 0.2) is 0 Å². The lowest BCUT2D eigenvalue weighted by Crippen LogP contribution is -2.41. The van der Waals surface area contributed by atoms with E-state index in [-0.39, 0.29) is 0 Å². The first-order valence-electron chi connectivity index (χ1n) is 2.84. The van der Waals surface area contributed by atoms with Gasteiger partial charge in [-0.05, 0) is 0 Å². The molecule has 72 valence electrons. The molecule has 12 heavy (non-hydrogen) atoms. The van der Waals surface area contributed by atoms with Gasteiger partial charge in [-0.15, -0.1) is 0 Å². The zero-order valence-electron chi connectivity index (χ0n) is 5.68. The second-order valence-electron chi connectivity index (χ2n) is 2.09. The number of carbonyl (C=O) groups is 1. The molecule has 0 amide bonds. The highest BCUT2D eigenvalue weighted by molar-refractivity contribution is 5.67. The third-order valence-electron chi connectivity index (χ3n) is 1.10. The number of hydrogen-bond donors (Lipinski definition) is 2. The summed E-state index contributed by atoms with van der Waals surface area (Å²) in [5, 5.41) is 16.2. The van der Waals surface area contributed by atoms with E-state index < -0.39 is 30.8 Å². The summed E-state index contributed by atoms with van der Waals surface area (Å²) in [6.45, 7) is 0. The highest BCUT2D eigenvalue weighted by Crippen LogP contribution is 2.28. The number of aliphatic carboxylic acids is 1. The Labute approximate surface area is 64.6 Å². The molecular weight excluding hydrogens is 184 g/mol. The van der Waals surface area contributed by atoms with Gasteiger partial charge in [0.05, 0.1) is 6.42 Å². The molecule has 3 nitrogen and oxygen atoms in total. The fourth-order valence-corrected chi connectivity index (χ4v) is 0.447. The van der Waals surface area contributed by atoms with E-state index in [0.717, 1.165) is 0 Å². The van der Waals surface area contributed by atoms with E-state index in [0.29, 0.717) is 0 Å². The van der Waals surface area contributed by atoms with Crippen LogP contribution < -0.4 is 0 Å². The van der Waals surface area contributed by atoms with Crippen LogP contribution in [0.25, 0.3) is 0 Å². The van der Waals surface area contributed by atoms with E-state index in [2.05, 4.69) is 0 Å². The second kappa shape index (κ2) is 3.70. The Morgan fingerprint density at radius 2 is 1.83 bits per heavy atom. The monoisotopic (exact) mass is 190 g/mol. The average molecular weight is 190 g/mol.